The Morgan fingerprint density at radius 3 is 2.57 bits per heavy atom. The molecule has 0 atom stereocenters. The minimum absolute atomic E-state index is 0.0220. The van der Waals surface area contributed by atoms with Crippen molar-refractivity contribution in [1.82, 2.24) is 0 Å². The molecule has 0 fully saturated rings. The van der Waals surface area contributed by atoms with Gasteiger partial charge in [0.2, 0.25) is 0 Å². The number of amides is 1. The minimum atomic E-state index is -0.730. The van der Waals surface area contributed by atoms with Crippen molar-refractivity contribution in [2.75, 3.05) is 18.5 Å². The fourth-order valence-electron chi connectivity index (χ4n) is 2.13. The van der Waals surface area contributed by atoms with E-state index in [0.29, 0.717) is 17.4 Å². The number of nitrogens with one attached hydrogen (secondary N) is 1. The Balaban J connectivity index is 1.92. The van der Waals surface area contributed by atoms with Gasteiger partial charge in [-0.3, -0.25) is 14.9 Å². The molecule has 9 heteroatoms. The van der Waals surface area contributed by atoms with Crippen LogP contribution < -0.4 is 10.1 Å². The number of hydrogen-bond acceptors (Lipinski definition) is 6. The van der Waals surface area contributed by atoms with E-state index >= 15 is 0 Å². The number of ether oxygens (including phenoxy) is 2. The monoisotopic (exact) mass is 404 g/mol. The third kappa shape index (κ3) is 6.40. The quantitative estimate of drug-likeness (QED) is 0.310. The molecule has 0 aromatic heterocycles. The Morgan fingerprint density at radius 1 is 1.21 bits per heavy atom. The standard InChI is InChI=1S/C19H17ClN2O6/c1-2-27-15-8-9-16(17(11-15)22(25)26)21-18(23)12-28-19(24)10-5-13-3-6-14(20)7-4-13/h3-11H,2,12H2,1H3,(H,21,23)/b10-5+. The van der Waals surface area contributed by atoms with Crippen LogP contribution in [-0.4, -0.2) is 30.0 Å². The lowest BCUT2D eigenvalue weighted by Gasteiger charge is -2.08. The second-order valence-electron chi connectivity index (χ2n) is 5.41. The first-order valence-corrected chi connectivity index (χ1v) is 8.58. The summed E-state index contributed by atoms with van der Waals surface area (Å²) >= 11 is 5.77. The van der Waals surface area contributed by atoms with Gasteiger partial charge in [0.25, 0.3) is 11.6 Å². The van der Waals surface area contributed by atoms with Gasteiger partial charge in [0.05, 0.1) is 17.6 Å². The van der Waals surface area contributed by atoms with E-state index in [0.717, 1.165) is 11.6 Å². The van der Waals surface area contributed by atoms with E-state index in [1.165, 1.54) is 24.3 Å². The zero-order valence-electron chi connectivity index (χ0n) is 14.9. The van der Waals surface area contributed by atoms with Crippen LogP contribution in [0.4, 0.5) is 11.4 Å². The van der Waals surface area contributed by atoms with Gasteiger partial charge in [0.1, 0.15) is 11.4 Å². The van der Waals surface area contributed by atoms with Crippen LogP contribution in [0.1, 0.15) is 12.5 Å². The Bertz CT molecular complexity index is 896. The van der Waals surface area contributed by atoms with Gasteiger partial charge in [-0.2, -0.15) is 0 Å². The molecule has 1 N–H and O–H groups in total. The van der Waals surface area contributed by atoms with Gasteiger partial charge in [-0.05, 0) is 42.8 Å². The molecule has 0 radical (unpaired) electrons. The van der Waals surface area contributed by atoms with E-state index in [2.05, 4.69) is 5.32 Å². The maximum atomic E-state index is 11.9. The summed E-state index contributed by atoms with van der Waals surface area (Å²) in [5, 5.41) is 14.1. The number of hydrogen-bond donors (Lipinski definition) is 1. The van der Waals surface area contributed by atoms with Crippen LogP contribution >= 0.6 is 11.6 Å². The highest BCUT2D eigenvalue weighted by atomic mass is 35.5. The van der Waals surface area contributed by atoms with Crippen molar-refractivity contribution < 1.29 is 24.0 Å². The predicted molar refractivity (Wildman–Crippen MR) is 104 cm³/mol. The van der Waals surface area contributed by atoms with Crippen molar-refractivity contribution in [2.45, 2.75) is 6.92 Å². The molecule has 0 saturated carbocycles. The molecule has 0 unspecified atom stereocenters. The zero-order chi connectivity index (χ0) is 20.5. The molecule has 0 aliphatic heterocycles. The molecule has 0 aliphatic carbocycles. The zero-order valence-corrected chi connectivity index (χ0v) is 15.6. The summed E-state index contributed by atoms with van der Waals surface area (Å²) in [5.41, 5.74) is 0.385. The van der Waals surface area contributed by atoms with E-state index in [9.17, 15) is 19.7 Å². The smallest absolute Gasteiger partial charge is 0.331 e. The second kappa shape index (κ2) is 10.1. The SMILES string of the molecule is CCOc1ccc(NC(=O)COC(=O)/C=C/c2ccc(Cl)cc2)c([N+](=O)[O-])c1. The molecule has 0 saturated heterocycles. The predicted octanol–water partition coefficient (Wildman–Crippen LogP) is 3.84. The van der Waals surface area contributed by atoms with Crippen LogP contribution in [0.5, 0.6) is 5.75 Å². The van der Waals surface area contributed by atoms with Crippen LogP contribution in [-0.2, 0) is 14.3 Å². The van der Waals surface area contributed by atoms with E-state index < -0.39 is 23.4 Å². The molecule has 2 rings (SSSR count). The molecule has 0 bridgehead atoms. The highest BCUT2D eigenvalue weighted by Gasteiger charge is 2.18. The Hall–Kier alpha value is -3.39. The van der Waals surface area contributed by atoms with Crippen LogP contribution in [0.2, 0.25) is 5.02 Å². The summed E-state index contributed by atoms with van der Waals surface area (Å²) in [6, 6.07) is 10.8. The van der Waals surface area contributed by atoms with E-state index in [-0.39, 0.29) is 11.4 Å². The summed E-state index contributed by atoms with van der Waals surface area (Å²) in [7, 11) is 0. The van der Waals surface area contributed by atoms with Crippen molar-refractivity contribution in [2.24, 2.45) is 0 Å². The maximum absolute atomic E-state index is 11.9. The average molecular weight is 405 g/mol. The summed E-state index contributed by atoms with van der Waals surface area (Å²) in [6.07, 6.45) is 2.67. The van der Waals surface area contributed by atoms with Crippen molar-refractivity contribution in [3.63, 3.8) is 0 Å². The highest BCUT2D eigenvalue weighted by molar-refractivity contribution is 6.30. The summed E-state index contributed by atoms with van der Waals surface area (Å²) in [6.45, 7) is 1.51. The number of halogens is 1. The highest BCUT2D eigenvalue weighted by Crippen LogP contribution is 2.29. The number of nitro benzene ring substituents is 1. The number of nitrogens with zero attached hydrogens (tertiary/aromatic N) is 1. The topological polar surface area (TPSA) is 108 Å². The van der Waals surface area contributed by atoms with Crippen molar-refractivity contribution in [3.8, 4) is 5.75 Å². The van der Waals surface area contributed by atoms with Crippen LogP contribution in [0.15, 0.2) is 48.5 Å². The van der Waals surface area contributed by atoms with Crippen LogP contribution in [0.25, 0.3) is 6.08 Å². The molecular weight excluding hydrogens is 388 g/mol. The summed E-state index contributed by atoms with van der Waals surface area (Å²) in [5.74, 6) is -1.13. The van der Waals surface area contributed by atoms with Crippen molar-refractivity contribution in [1.29, 1.82) is 0 Å². The van der Waals surface area contributed by atoms with Crippen LogP contribution in [0, 0.1) is 10.1 Å². The lowest BCUT2D eigenvalue weighted by molar-refractivity contribution is -0.384. The minimum Gasteiger partial charge on any atom is -0.494 e. The molecule has 0 heterocycles. The van der Waals surface area contributed by atoms with Gasteiger partial charge in [-0.25, -0.2) is 4.79 Å². The first kappa shape index (κ1) is 20.9. The van der Waals surface area contributed by atoms with E-state index in [4.69, 9.17) is 21.1 Å². The van der Waals surface area contributed by atoms with E-state index in [1.54, 1.807) is 31.2 Å². The Morgan fingerprint density at radius 2 is 1.93 bits per heavy atom. The van der Waals surface area contributed by atoms with E-state index in [1.807, 2.05) is 0 Å². The first-order valence-electron chi connectivity index (χ1n) is 8.20. The average Bonchev–Trinajstić information content (AvgIpc) is 2.67. The molecule has 28 heavy (non-hydrogen) atoms. The fourth-order valence-corrected chi connectivity index (χ4v) is 2.26. The molecule has 0 spiro atoms. The van der Waals surface area contributed by atoms with Crippen molar-refractivity contribution >= 4 is 40.9 Å². The molecular formula is C19H17ClN2O6. The molecule has 2 aromatic carbocycles. The largest absolute Gasteiger partial charge is 0.494 e. The Labute approximate surface area is 165 Å². The lowest BCUT2D eigenvalue weighted by atomic mass is 10.2. The molecule has 8 nitrogen and oxygen atoms in total. The maximum Gasteiger partial charge on any atom is 0.331 e. The van der Waals surface area contributed by atoms with Gasteiger partial charge >= 0.3 is 5.97 Å². The van der Waals surface area contributed by atoms with Gasteiger partial charge in [-0.1, -0.05) is 23.7 Å². The number of rotatable bonds is 8. The summed E-state index contributed by atoms with van der Waals surface area (Å²) in [4.78, 5) is 34.1. The van der Waals surface area contributed by atoms with Crippen LogP contribution in [0.3, 0.4) is 0 Å². The number of benzene rings is 2. The summed E-state index contributed by atoms with van der Waals surface area (Å²) < 4.78 is 10.0. The number of anilines is 1. The van der Waals surface area contributed by atoms with Gasteiger partial charge in [-0.15, -0.1) is 0 Å². The third-order valence-corrected chi connectivity index (χ3v) is 3.63. The second-order valence-corrected chi connectivity index (χ2v) is 5.85. The lowest BCUT2D eigenvalue weighted by Crippen LogP contribution is -2.20. The molecule has 1 amide bonds. The molecule has 146 valence electrons. The van der Waals surface area contributed by atoms with Crippen molar-refractivity contribution in [3.05, 3.63) is 69.2 Å². The third-order valence-electron chi connectivity index (χ3n) is 3.38. The number of carbonyl (C=O) groups is 2. The van der Waals surface area contributed by atoms with Gasteiger partial charge in [0.15, 0.2) is 6.61 Å². The Kier molecular flexibility index (Phi) is 7.53. The number of carbonyl (C=O) groups excluding carboxylic acids is 2. The van der Waals surface area contributed by atoms with Gasteiger partial charge in [0, 0.05) is 11.1 Å². The molecule has 2 aromatic rings. The normalized spacial score (nSPS) is 10.5. The molecule has 0 aliphatic rings. The number of esters is 1. The fraction of sp³-hybridized carbons (Fsp3) is 0.158. The van der Waals surface area contributed by atoms with Gasteiger partial charge < -0.3 is 14.8 Å². The first-order chi connectivity index (χ1) is 13.4. The number of nitro groups is 1.